The molecule has 1 nitrogen and oxygen atoms in total. The molecule has 0 aromatic heterocycles. The summed E-state index contributed by atoms with van der Waals surface area (Å²) in [5.41, 5.74) is 0. The smallest absolute Gasteiger partial charge is 0.0413 e. The van der Waals surface area contributed by atoms with Crippen molar-refractivity contribution in [2.75, 3.05) is 6.54 Å². The molecule has 0 aliphatic heterocycles. The van der Waals surface area contributed by atoms with Crippen LogP contribution < -0.4 is 0 Å². The quantitative estimate of drug-likeness (QED) is 0.411. The van der Waals surface area contributed by atoms with Crippen LogP contribution in [-0.2, 0) is 0 Å². The molecule has 11 heavy (non-hydrogen) atoms. The van der Waals surface area contributed by atoms with E-state index in [0.29, 0.717) is 5.92 Å². The molecule has 1 heteroatoms. The summed E-state index contributed by atoms with van der Waals surface area (Å²) in [7, 11) is 0. The summed E-state index contributed by atoms with van der Waals surface area (Å²) in [6, 6.07) is 0. The van der Waals surface area contributed by atoms with Gasteiger partial charge in [0.2, 0.25) is 0 Å². The molecule has 0 spiro atoms. The van der Waals surface area contributed by atoms with E-state index in [-0.39, 0.29) is 0 Å². The minimum absolute atomic E-state index is 0.704. The first kappa shape index (κ1) is 10.4. The van der Waals surface area contributed by atoms with Gasteiger partial charge in [0.05, 0.1) is 0 Å². The lowest BCUT2D eigenvalue weighted by Crippen LogP contribution is -2.00. The van der Waals surface area contributed by atoms with E-state index in [9.17, 15) is 0 Å². The second-order valence-corrected chi connectivity index (χ2v) is 2.80. The third-order valence-electron chi connectivity index (χ3n) is 1.84. The van der Waals surface area contributed by atoms with Crippen LogP contribution in [0.1, 0.15) is 33.1 Å². The van der Waals surface area contributed by atoms with E-state index in [1.54, 1.807) is 0 Å². The Morgan fingerprint density at radius 3 is 2.55 bits per heavy atom. The van der Waals surface area contributed by atoms with Gasteiger partial charge in [-0.3, -0.25) is 0 Å². The fraction of sp³-hybridized carbons (Fsp3) is 0.700. The van der Waals surface area contributed by atoms with Gasteiger partial charge >= 0.3 is 0 Å². The highest BCUT2D eigenvalue weighted by molar-refractivity contribution is 5.23. The Morgan fingerprint density at radius 2 is 2.09 bits per heavy atom. The van der Waals surface area contributed by atoms with Crippen LogP contribution in [0.2, 0.25) is 0 Å². The minimum atomic E-state index is 0.704. The van der Waals surface area contributed by atoms with Crippen LogP contribution in [0.3, 0.4) is 0 Å². The van der Waals surface area contributed by atoms with Crippen LogP contribution in [0.25, 0.3) is 0 Å². The van der Waals surface area contributed by atoms with Crippen LogP contribution in [0, 0.1) is 5.92 Å². The van der Waals surface area contributed by atoms with Gasteiger partial charge in [0, 0.05) is 6.54 Å². The van der Waals surface area contributed by atoms with Crippen molar-refractivity contribution in [1.82, 2.24) is 0 Å². The summed E-state index contributed by atoms with van der Waals surface area (Å²) in [4.78, 5) is 3.90. The van der Waals surface area contributed by atoms with Crippen molar-refractivity contribution < 1.29 is 0 Å². The molecule has 0 saturated carbocycles. The third kappa shape index (κ3) is 5.84. The number of nitrogens with zero attached hydrogens (tertiary/aromatic N) is 1. The normalized spacial score (nSPS) is 13.6. The standard InChI is InChI=1S/C10H19N/c1-4-6-7-8-10(5-2)9-11-3/h6-7,10H,3-5,8-9H2,1-2H3. The third-order valence-corrected chi connectivity index (χ3v) is 1.84. The van der Waals surface area contributed by atoms with Gasteiger partial charge < -0.3 is 4.99 Å². The van der Waals surface area contributed by atoms with Gasteiger partial charge in [-0.1, -0.05) is 32.4 Å². The van der Waals surface area contributed by atoms with Crippen molar-refractivity contribution in [2.24, 2.45) is 10.9 Å². The summed E-state index contributed by atoms with van der Waals surface area (Å²) in [5, 5.41) is 0. The Labute approximate surface area is 70.2 Å². The molecule has 0 aliphatic rings. The maximum Gasteiger partial charge on any atom is 0.0413 e. The van der Waals surface area contributed by atoms with Gasteiger partial charge in [0.15, 0.2) is 0 Å². The SMILES string of the molecule is C=NCC(CC)CC=CCC. The largest absolute Gasteiger partial charge is 0.301 e. The molecule has 64 valence electrons. The number of hydrogen-bond acceptors (Lipinski definition) is 1. The molecule has 0 radical (unpaired) electrons. The predicted octanol–water partition coefficient (Wildman–Crippen LogP) is 3.07. The summed E-state index contributed by atoms with van der Waals surface area (Å²) in [6.45, 7) is 8.77. The lowest BCUT2D eigenvalue weighted by Gasteiger charge is -2.07. The molecule has 0 heterocycles. The van der Waals surface area contributed by atoms with Crippen LogP contribution in [-0.4, -0.2) is 13.3 Å². The molecule has 1 unspecified atom stereocenters. The molecule has 0 amide bonds. The Kier molecular flexibility index (Phi) is 7.11. The molecule has 0 aromatic carbocycles. The van der Waals surface area contributed by atoms with Crippen molar-refractivity contribution in [1.29, 1.82) is 0 Å². The highest BCUT2D eigenvalue weighted by Crippen LogP contribution is 2.09. The van der Waals surface area contributed by atoms with Crippen molar-refractivity contribution in [3.63, 3.8) is 0 Å². The zero-order chi connectivity index (χ0) is 8.53. The molecule has 0 fully saturated rings. The first-order valence-corrected chi connectivity index (χ1v) is 4.42. The highest BCUT2D eigenvalue weighted by atomic mass is 14.7. The minimum Gasteiger partial charge on any atom is -0.301 e. The average Bonchev–Trinajstić information content (AvgIpc) is 2.03. The van der Waals surface area contributed by atoms with Gasteiger partial charge in [0.1, 0.15) is 0 Å². The summed E-state index contributed by atoms with van der Waals surface area (Å²) in [5.74, 6) is 0.704. The number of rotatable bonds is 6. The van der Waals surface area contributed by atoms with E-state index in [1.165, 1.54) is 6.42 Å². The van der Waals surface area contributed by atoms with Gasteiger partial charge in [-0.15, -0.1) is 0 Å². The van der Waals surface area contributed by atoms with Gasteiger partial charge in [-0.05, 0) is 25.5 Å². The van der Waals surface area contributed by atoms with Crippen LogP contribution in [0.15, 0.2) is 17.1 Å². The number of hydrogen-bond donors (Lipinski definition) is 0. The zero-order valence-electron chi connectivity index (χ0n) is 7.71. The maximum absolute atomic E-state index is 3.90. The molecule has 0 aromatic rings. The topological polar surface area (TPSA) is 12.4 Å². The second-order valence-electron chi connectivity index (χ2n) is 2.80. The van der Waals surface area contributed by atoms with E-state index in [0.717, 1.165) is 19.4 Å². The molecular weight excluding hydrogens is 134 g/mol. The van der Waals surface area contributed by atoms with Crippen LogP contribution in [0.4, 0.5) is 0 Å². The van der Waals surface area contributed by atoms with Crippen molar-refractivity contribution in [3.05, 3.63) is 12.2 Å². The van der Waals surface area contributed by atoms with Gasteiger partial charge in [-0.2, -0.15) is 0 Å². The molecule has 0 saturated heterocycles. The first-order valence-electron chi connectivity index (χ1n) is 4.42. The van der Waals surface area contributed by atoms with Crippen LogP contribution >= 0.6 is 0 Å². The highest BCUT2D eigenvalue weighted by Gasteiger charge is 2.00. The fourth-order valence-electron chi connectivity index (χ4n) is 1.01. The Bertz CT molecular complexity index is 116. The Balaban J connectivity index is 3.50. The molecule has 0 bridgehead atoms. The van der Waals surface area contributed by atoms with E-state index in [1.807, 2.05) is 0 Å². The average molecular weight is 153 g/mol. The second kappa shape index (κ2) is 7.52. The summed E-state index contributed by atoms with van der Waals surface area (Å²) >= 11 is 0. The zero-order valence-corrected chi connectivity index (χ0v) is 7.71. The van der Waals surface area contributed by atoms with E-state index >= 15 is 0 Å². The molecule has 0 N–H and O–H groups in total. The molecule has 0 aliphatic carbocycles. The molecular formula is C10H19N. The van der Waals surface area contributed by atoms with Crippen molar-refractivity contribution in [2.45, 2.75) is 33.1 Å². The fourth-order valence-corrected chi connectivity index (χ4v) is 1.01. The number of allylic oxidation sites excluding steroid dienone is 2. The summed E-state index contributed by atoms with van der Waals surface area (Å²) in [6.07, 6.45) is 7.96. The Morgan fingerprint density at radius 1 is 1.36 bits per heavy atom. The first-order chi connectivity index (χ1) is 5.35. The summed E-state index contributed by atoms with van der Waals surface area (Å²) < 4.78 is 0. The molecule has 1 atom stereocenters. The van der Waals surface area contributed by atoms with Gasteiger partial charge in [-0.25, -0.2) is 0 Å². The Hall–Kier alpha value is -0.590. The van der Waals surface area contributed by atoms with E-state index in [4.69, 9.17) is 0 Å². The van der Waals surface area contributed by atoms with E-state index in [2.05, 4.69) is 37.7 Å². The number of aliphatic imine (C=N–C) groups is 1. The lowest BCUT2D eigenvalue weighted by atomic mass is 10.0. The van der Waals surface area contributed by atoms with Crippen molar-refractivity contribution >= 4 is 6.72 Å². The lowest BCUT2D eigenvalue weighted by molar-refractivity contribution is 0.531. The van der Waals surface area contributed by atoms with Crippen molar-refractivity contribution in [3.8, 4) is 0 Å². The molecule has 0 rings (SSSR count). The van der Waals surface area contributed by atoms with Crippen LogP contribution in [0.5, 0.6) is 0 Å². The monoisotopic (exact) mass is 153 g/mol. The van der Waals surface area contributed by atoms with E-state index < -0.39 is 0 Å². The predicted molar refractivity (Wildman–Crippen MR) is 52.2 cm³/mol. The maximum atomic E-state index is 3.90. The van der Waals surface area contributed by atoms with Gasteiger partial charge in [0.25, 0.3) is 0 Å².